The minimum absolute atomic E-state index is 0.0457. The molecule has 1 amide bonds. The summed E-state index contributed by atoms with van der Waals surface area (Å²) in [6.07, 6.45) is 1.78. The predicted molar refractivity (Wildman–Crippen MR) is 83.9 cm³/mol. The first-order chi connectivity index (χ1) is 9.53. The number of carbonyl (C=O) groups is 1. The molecule has 4 nitrogen and oxygen atoms in total. The van der Waals surface area contributed by atoms with E-state index in [1.54, 1.807) is 17.5 Å². The van der Waals surface area contributed by atoms with Gasteiger partial charge in [-0.25, -0.2) is 4.98 Å². The van der Waals surface area contributed by atoms with E-state index in [2.05, 4.69) is 15.6 Å². The Kier molecular flexibility index (Phi) is 4.52. The lowest BCUT2D eigenvalue weighted by Gasteiger charge is -2.24. The van der Waals surface area contributed by atoms with Crippen molar-refractivity contribution in [2.75, 3.05) is 11.9 Å². The third kappa shape index (κ3) is 3.43. The van der Waals surface area contributed by atoms with Crippen LogP contribution in [0, 0.1) is 0 Å². The standard InChI is InChI=1S/C15H19N3OS/c1-4-17-15(2,3)14(19)18-12-7-5-6-11(10-12)13-16-8-9-20-13/h5-10,17H,4H2,1-3H3,(H,18,19). The van der Waals surface area contributed by atoms with Crippen LogP contribution in [0.3, 0.4) is 0 Å². The first-order valence-corrected chi connectivity index (χ1v) is 7.47. The molecular formula is C15H19N3OS. The van der Waals surface area contributed by atoms with E-state index in [1.165, 1.54) is 0 Å². The summed E-state index contributed by atoms with van der Waals surface area (Å²) in [5.41, 5.74) is 1.21. The molecule has 0 aliphatic heterocycles. The third-order valence-corrected chi connectivity index (χ3v) is 3.81. The lowest BCUT2D eigenvalue weighted by atomic mass is 10.0. The van der Waals surface area contributed by atoms with E-state index in [4.69, 9.17) is 0 Å². The summed E-state index contributed by atoms with van der Waals surface area (Å²) in [5.74, 6) is -0.0457. The van der Waals surface area contributed by atoms with Gasteiger partial charge in [0.2, 0.25) is 5.91 Å². The highest BCUT2D eigenvalue weighted by Gasteiger charge is 2.26. The number of benzene rings is 1. The number of thiazole rings is 1. The molecule has 0 fully saturated rings. The van der Waals surface area contributed by atoms with Gasteiger partial charge < -0.3 is 10.6 Å². The maximum absolute atomic E-state index is 12.2. The fourth-order valence-corrected chi connectivity index (χ4v) is 2.54. The van der Waals surface area contributed by atoms with Crippen molar-refractivity contribution in [3.05, 3.63) is 35.8 Å². The monoisotopic (exact) mass is 289 g/mol. The van der Waals surface area contributed by atoms with E-state index in [0.717, 1.165) is 22.8 Å². The lowest BCUT2D eigenvalue weighted by Crippen LogP contribution is -2.49. The molecule has 0 aliphatic carbocycles. The number of amides is 1. The number of nitrogens with one attached hydrogen (secondary N) is 2. The number of carbonyl (C=O) groups excluding carboxylic acids is 1. The first-order valence-electron chi connectivity index (χ1n) is 6.59. The molecule has 1 aromatic heterocycles. The Morgan fingerprint density at radius 3 is 2.85 bits per heavy atom. The normalized spacial score (nSPS) is 11.3. The van der Waals surface area contributed by atoms with Crippen LogP contribution >= 0.6 is 11.3 Å². The molecule has 5 heteroatoms. The number of rotatable bonds is 5. The molecule has 2 N–H and O–H groups in total. The molecule has 2 aromatic rings. The SMILES string of the molecule is CCNC(C)(C)C(=O)Nc1cccc(-c2nccs2)c1. The molecule has 0 spiro atoms. The Morgan fingerprint density at radius 2 is 2.20 bits per heavy atom. The summed E-state index contributed by atoms with van der Waals surface area (Å²) in [4.78, 5) is 16.5. The summed E-state index contributed by atoms with van der Waals surface area (Å²) in [5, 5.41) is 9.00. The second-order valence-electron chi connectivity index (χ2n) is 5.03. The molecule has 1 heterocycles. The van der Waals surface area contributed by atoms with Gasteiger partial charge in [0.05, 0.1) is 5.54 Å². The van der Waals surface area contributed by atoms with Gasteiger partial charge in [-0.05, 0) is 32.5 Å². The van der Waals surface area contributed by atoms with Gasteiger partial charge in [-0.2, -0.15) is 0 Å². The van der Waals surface area contributed by atoms with Gasteiger partial charge in [-0.3, -0.25) is 4.79 Å². The highest BCUT2D eigenvalue weighted by atomic mass is 32.1. The predicted octanol–water partition coefficient (Wildman–Crippen LogP) is 3.14. The van der Waals surface area contributed by atoms with E-state index < -0.39 is 5.54 Å². The molecule has 2 rings (SSSR count). The van der Waals surface area contributed by atoms with Crippen molar-refractivity contribution in [2.24, 2.45) is 0 Å². The summed E-state index contributed by atoms with van der Waals surface area (Å²) < 4.78 is 0. The molecule has 106 valence electrons. The van der Waals surface area contributed by atoms with Crippen molar-refractivity contribution in [1.82, 2.24) is 10.3 Å². The fourth-order valence-electron chi connectivity index (χ4n) is 1.91. The third-order valence-electron chi connectivity index (χ3n) is 2.99. The van der Waals surface area contributed by atoms with Crippen LogP contribution in [0.25, 0.3) is 10.6 Å². The summed E-state index contributed by atoms with van der Waals surface area (Å²) in [6, 6.07) is 7.74. The lowest BCUT2D eigenvalue weighted by molar-refractivity contribution is -0.121. The second-order valence-corrected chi connectivity index (χ2v) is 5.92. The van der Waals surface area contributed by atoms with Crippen LogP contribution in [0.1, 0.15) is 20.8 Å². The zero-order chi connectivity index (χ0) is 14.6. The minimum Gasteiger partial charge on any atom is -0.324 e. The molecule has 20 heavy (non-hydrogen) atoms. The molecule has 0 saturated heterocycles. The van der Waals surface area contributed by atoms with Gasteiger partial charge in [0.15, 0.2) is 0 Å². The Balaban J connectivity index is 2.14. The van der Waals surface area contributed by atoms with E-state index in [1.807, 2.05) is 50.4 Å². The van der Waals surface area contributed by atoms with Crippen molar-refractivity contribution in [3.63, 3.8) is 0 Å². The number of nitrogens with zero attached hydrogens (tertiary/aromatic N) is 1. The molecule has 0 radical (unpaired) electrons. The Hall–Kier alpha value is -1.72. The van der Waals surface area contributed by atoms with E-state index in [9.17, 15) is 4.79 Å². The molecule has 0 bridgehead atoms. The van der Waals surface area contributed by atoms with Gasteiger partial charge in [-0.15, -0.1) is 11.3 Å². The van der Waals surface area contributed by atoms with Gasteiger partial charge in [-0.1, -0.05) is 19.1 Å². The zero-order valence-corrected chi connectivity index (χ0v) is 12.8. The van der Waals surface area contributed by atoms with Gasteiger partial charge in [0.25, 0.3) is 0 Å². The Morgan fingerprint density at radius 1 is 1.40 bits per heavy atom. The average Bonchev–Trinajstić information content (AvgIpc) is 2.93. The maximum Gasteiger partial charge on any atom is 0.244 e. The quantitative estimate of drug-likeness (QED) is 0.889. The number of likely N-dealkylation sites (N-methyl/N-ethyl adjacent to an activating group) is 1. The van der Waals surface area contributed by atoms with Gasteiger partial charge >= 0.3 is 0 Å². The van der Waals surface area contributed by atoms with Crippen LogP contribution < -0.4 is 10.6 Å². The summed E-state index contributed by atoms with van der Waals surface area (Å²) in [6.45, 7) is 6.48. The average molecular weight is 289 g/mol. The van der Waals surface area contributed by atoms with Crippen LogP contribution in [0.5, 0.6) is 0 Å². The summed E-state index contributed by atoms with van der Waals surface area (Å²) in [7, 11) is 0. The molecule has 0 aliphatic rings. The van der Waals surface area contributed by atoms with Crippen molar-refractivity contribution in [2.45, 2.75) is 26.3 Å². The Labute approximate surface area is 123 Å². The largest absolute Gasteiger partial charge is 0.324 e. The van der Waals surface area contributed by atoms with Gasteiger partial charge in [0.1, 0.15) is 5.01 Å². The van der Waals surface area contributed by atoms with Crippen LogP contribution in [0.2, 0.25) is 0 Å². The smallest absolute Gasteiger partial charge is 0.244 e. The number of aromatic nitrogens is 1. The van der Waals surface area contributed by atoms with Crippen molar-refractivity contribution in [3.8, 4) is 10.6 Å². The van der Waals surface area contributed by atoms with Crippen molar-refractivity contribution < 1.29 is 4.79 Å². The molecular weight excluding hydrogens is 270 g/mol. The van der Waals surface area contributed by atoms with Crippen molar-refractivity contribution in [1.29, 1.82) is 0 Å². The molecule has 1 aromatic carbocycles. The van der Waals surface area contributed by atoms with E-state index >= 15 is 0 Å². The van der Waals surface area contributed by atoms with Crippen LogP contribution in [0.4, 0.5) is 5.69 Å². The number of hydrogen-bond acceptors (Lipinski definition) is 4. The first kappa shape index (κ1) is 14.7. The zero-order valence-electron chi connectivity index (χ0n) is 11.9. The molecule has 0 saturated carbocycles. The maximum atomic E-state index is 12.2. The minimum atomic E-state index is -0.591. The second kappa shape index (κ2) is 6.15. The highest BCUT2D eigenvalue weighted by Crippen LogP contribution is 2.24. The topological polar surface area (TPSA) is 54.0 Å². The molecule has 0 atom stereocenters. The molecule has 0 unspecified atom stereocenters. The van der Waals surface area contributed by atoms with Crippen LogP contribution in [-0.2, 0) is 4.79 Å². The number of anilines is 1. The summed E-state index contributed by atoms with van der Waals surface area (Å²) >= 11 is 1.58. The van der Waals surface area contributed by atoms with E-state index in [-0.39, 0.29) is 5.91 Å². The van der Waals surface area contributed by atoms with Crippen molar-refractivity contribution >= 4 is 22.9 Å². The van der Waals surface area contributed by atoms with Crippen LogP contribution in [0.15, 0.2) is 35.8 Å². The number of hydrogen-bond donors (Lipinski definition) is 2. The van der Waals surface area contributed by atoms with E-state index in [0.29, 0.717) is 0 Å². The highest BCUT2D eigenvalue weighted by molar-refractivity contribution is 7.13. The van der Waals surface area contributed by atoms with Gasteiger partial charge in [0, 0.05) is 22.8 Å². The van der Waals surface area contributed by atoms with Crippen LogP contribution in [-0.4, -0.2) is 23.0 Å². The fraction of sp³-hybridized carbons (Fsp3) is 0.333. The Bertz CT molecular complexity index is 579.